The second-order valence-electron chi connectivity index (χ2n) is 3.50. The fourth-order valence-electron chi connectivity index (χ4n) is 1.08. The number of rotatable bonds is 3. The van der Waals surface area contributed by atoms with Crippen LogP contribution in [-0.2, 0) is 11.0 Å². The van der Waals surface area contributed by atoms with Crippen LogP contribution in [0.5, 0.6) is 0 Å². The van der Waals surface area contributed by atoms with Gasteiger partial charge < -0.3 is 5.73 Å². The van der Waals surface area contributed by atoms with Crippen molar-refractivity contribution in [2.45, 2.75) is 23.4 Å². The highest BCUT2D eigenvalue weighted by Gasteiger charge is 2.30. The summed E-state index contributed by atoms with van der Waals surface area (Å²) in [6.45, 7) is 1.47. The molecule has 104 valence electrons. The van der Waals surface area contributed by atoms with Crippen molar-refractivity contribution in [2.75, 3.05) is 0 Å². The minimum Gasteiger partial charge on any atom is -0.351 e. The van der Waals surface area contributed by atoms with Gasteiger partial charge in [0.05, 0.1) is 15.8 Å². The number of nitrogens with zero attached hydrogens (tertiary/aromatic N) is 1. The highest BCUT2D eigenvalue weighted by molar-refractivity contribution is 8.00. The molecule has 1 atom stereocenters. The molecule has 0 saturated heterocycles. The lowest BCUT2D eigenvalue weighted by Crippen LogP contribution is -2.39. The summed E-state index contributed by atoms with van der Waals surface area (Å²) in [6, 6.07) is 1.04. The number of pyridine rings is 1. The maximum absolute atomic E-state index is 12.3. The molecule has 1 rings (SSSR count). The first-order valence-corrected chi connectivity index (χ1v) is 5.88. The lowest BCUT2D eigenvalue weighted by Gasteiger charge is -2.10. The van der Waals surface area contributed by atoms with Crippen molar-refractivity contribution in [3.8, 4) is 0 Å². The van der Waals surface area contributed by atoms with Gasteiger partial charge in [0.15, 0.2) is 0 Å². The molecule has 3 N–H and O–H groups in total. The van der Waals surface area contributed by atoms with Gasteiger partial charge in [-0.2, -0.15) is 13.2 Å². The Morgan fingerprint density at radius 2 is 2.05 bits per heavy atom. The number of primary amides is 1. The number of hydrogen-bond donors (Lipinski definition) is 2. The lowest BCUT2D eigenvalue weighted by molar-refractivity contribution is -0.137. The van der Waals surface area contributed by atoms with Crippen LogP contribution in [-0.4, -0.2) is 22.2 Å². The summed E-state index contributed by atoms with van der Waals surface area (Å²) in [5.41, 5.74) is 3.90. The smallest absolute Gasteiger partial charge is 0.351 e. The SMILES string of the molecule is C[C@H](Sc1ccc(C(F)(F)F)cn1)C(=O)NC(N)=O. The van der Waals surface area contributed by atoms with Crippen LogP contribution in [0.2, 0.25) is 0 Å². The minimum atomic E-state index is -4.45. The van der Waals surface area contributed by atoms with Gasteiger partial charge in [-0.3, -0.25) is 10.1 Å². The quantitative estimate of drug-likeness (QED) is 0.832. The molecule has 3 amide bonds. The molecule has 0 aliphatic rings. The Labute approximate surface area is 110 Å². The van der Waals surface area contributed by atoms with E-state index in [4.69, 9.17) is 5.73 Å². The number of hydrogen-bond acceptors (Lipinski definition) is 4. The number of amides is 3. The van der Waals surface area contributed by atoms with Crippen LogP contribution >= 0.6 is 11.8 Å². The van der Waals surface area contributed by atoms with Crippen LogP contribution in [0.3, 0.4) is 0 Å². The Bertz CT molecular complexity index is 476. The Morgan fingerprint density at radius 1 is 1.42 bits per heavy atom. The third-order valence-electron chi connectivity index (χ3n) is 1.98. The molecule has 5 nitrogen and oxygen atoms in total. The van der Waals surface area contributed by atoms with Gasteiger partial charge in [0.1, 0.15) is 0 Å². The van der Waals surface area contributed by atoms with Gasteiger partial charge in [-0.1, -0.05) is 11.8 Å². The van der Waals surface area contributed by atoms with Gasteiger partial charge in [0.25, 0.3) is 0 Å². The summed E-state index contributed by atoms with van der Waals surface area (Å²) < 4.78 is 36.9. The van der Waals surface area contributed by atoms with Crippen molar-refractivity contribution in [1.82, 2.24) is 10.3 Å². The Hall–Kier alpha value is -1.77. The molecular weight excluding hydrogens is 283 g/mol. The predicted molar refractivity (Wildman–Crippen MR) is 62.3 cm³/mol. The monoisotopic (exact) mass is 293 g/mol. The number of thioether (sulfide) groups is 1. The molecule has 0 aliphatic heterocycles. The average molecular weight is 293 g/mol. The largest absolute Gasteiger partial charge is 0.417 e. The molecule has 19 heavy (non-hydrogen) atoms. The number of alkyl halides is 3. The number of urea groups is 1. The van der Waals surface area contributed by atoms with Crippen molar-refractivity contribution in [2.24, 2.45) is 5.73 Å². The number of imide groups is 1. The Morgan fingerprint density at radius 3 is 2.47 bits per heavy atom. The van der Waals surface area contributed by atoms with E-state index in [1.54, 1.807) is 0 Å². The third kappa shape index (κ3) is 4.78. The van der Waals surface area contributed by atoms with E-state index in [0.29, 0.717) is 6.20 Å². The second kappa shape index (κ2) is 5.91. The van der Waals surface area contributed by atoms with Crippen molar-refractivity contribution in [3.63, 3.8) is 0 Å². The highest BCUT2D eigenvalue weighted by atomic mass is 32.2. The summed E-state index contributed by atoms with van der Waals surface area (Å²) in [5, 5.41) is 1.39. The number of carbonyl (C=O) groups is 2. The summed E-state index contributed by atoms with van der Waals surface area (Å²) in [7, 11) is 0. The summed E-state index contributed by atoms with van der Waals surface area (Å²) in [6.07, 6.45) is -3.77. The highest BCUT2D eigenvalue weighted by Crippen LogP contribution is 2.30. The van der Waals surface area contributed by atoms with Gasteiger partial charge >= 0.3 is 12.2 Å². The van der Waals surface area contributed by atoms with Gasteiger partial charge in [-0.25, -0.2) is 9.78 Å². The average Bonchev–Trinajstić information content (AvgIpc) is 2.27. The first-order chi connectivity index (χ1) is 8.70. The fraction of sp³-hybridized carbons (Fsp3) is 0.300. The number of carbonyl (C=O) groups excluding carboxylic acids is 2. The number of aromatic nitrogens is 1. The fourth-order valence-corrected chi connectivity index (χ4v) is 1.86. The lowest BCUT2D eigenvalue weighted by atomic mass is 10.3. The van der Waals surface area contributed by atoms with E-state index in [1.165, 1.54) is 6.92 Å². The molecule has 9 heteroatoms. The molecule has 0 spiro atoms. The van der Waals surface area contributed by atoms with E-state index in [9.17, 15) is 22.8 Å². The van der Waals surface area contributed by atoms with E-state index in [2.05, 4.69) is 4.98 Å². The zero-order valence-electron chi connectivity index (χ0n) is 9.69. The van der Waals surface area contributed by atoms with E-state index in [-0.39, 0.29) is 5.03 Å². The van der Waals surface area contributed by atoms with Crippen molar-refractivity contribution in [3.05, 3.63) is 23.9 Å². The van der Waals surface area contributed by atoms with Crippen LogP contribution in [0.15, 0.2) is 23.4 Å². The summed E-state index contributed by atoms with van der Waals surface area (Å²) >= 11 is 0.915. The summed E-state index contributed by atoms with van der Waals surface area (Å²) in [5.74, 6) is -0.640. The number of nitrogens with one attached hydrogen (secondary N) is 1. The first kappa shape index (κ1) is 15.3. The van der Waals surface area contributed by atoms with Crippen LogP contribution in [0, 0.1) is 0 Å². The Kier molecular flexibility index (Phi) is 4.76. The van der Waals surface area contributed by atoms with Crippen molar-refractivity contribution < 1.29 is 22.8 Å². The van der Waals surface area contributed by atoms with Crippen molar-refractivity contribution >= 4 is 23.7 Å². The minimum absolute atomic E-state index is 0.236. The molecule has 0 aromatic carbocycles. The van der Waals surface area contributed by atoms with E-state index < -0.39 is 28.9 Å². The maximum atomic E-state index is 12.3. The van der Waals surface area contributed by atoms with Gasteiger partial charge in [-0.05, 0) is 19.1 Å². The van der Waals surface area contributed by atoms with E-state index >= 15 is 0 Å². The topological polar surface area (TPSA) is 85.1 Å². The van der Waals surface area contributed by atoms with Gasteiger partial charge in [0.2, 0.25) is 5.91 Å². The zero-order valence-corrected chi connectivity index (χ0v) is 10.5. The zero-order chi connectivity index (χ0) is 14.6. The van der Waals surface area contributed by atoms with E-state index in [1.807, 2.05) is 5.32 Å². The predicted octanol–water partition coefficient (Wildman–Crippen LogP) is 1.78. The van der Waals surface area contributed by atoms with E-state index in [0.717, 1.165) is 23.9 Å². The normalized spacial score (nSPS) is 12.8. The van der Waals surface area contributed by atoms with Crippen molar-refractivity contribution in [1.29, 1.82) is 0 Å². The first-order valence-electron chi connectivity index (χ1n) is 5.00. The summed E-state index contributed by atoms with van der Waals surface area (Å²) in [4.78, 5) is 25.4. The van der Waals surface area contributed by atoms with Gasteiger partial charge in [0, 0.05) is 6.20 Å². The second-order valence-corrected chi connectivity index (χ2v) is 4.86. The van der Waals surface area contributed by atoms with Crippen LogP contribution in [0.25, 0.3) is 0 Å². The molecular formula is C10H10F3N3O2S. The molecule has 0 saturated carbocycles. The van der Waals surface area contributed by atoms with Crippen LogP contribution < -0.4 is 11.1 Å². The molecule has 1 heterocycles. The Balaban J connectivity index is 2.68. The maximum Gasteiger partial charge on any atom is 0.417 e. The molecule has 0 radical (unpaired) electrons. The van der Waals surface area contributed by atoms with Crippen LogP contribution in [0.1, 0.15) is 12.5 Å². The molecule has 1 aromatic heterocycles. The van der Waals surface area contributed by atoms with Crippen LogP contribution in [0.4, 0.5) is 18.0 Å². The molecule has 0 unspecified atom stereocenters. The molecule has 0 bridgehead atoms. The standard InChI is InChI=1S/C10H10F3N3O2S/c1-5(8(17)16-9(14)18)19-7-3-2-6(4-15-7)10(11,12)13/h2-5H,1H3,(H3,14,16,17,18)/t5-/m0/s1. The number of halogens is 3. The molecule has 1 aromatic rings. The number of nitrogens with two attached hydrogens (primary N) is 1. The third-order valence-corrected chi connectivity index (χ3v) is 3.03. The molecule has 0 aliphatic carbocycles. The van der Waals surface area contributed by atoms with Gasteiger partial charge in [-0.15, -0.1) is 0 Å². The molecule has 0 fully saturated rings.